The van der Waals surface area contributed by atoms with Crippen molar-refractivity contribution in [1.29, 1.82) is 0 Å². The van der Waals surface area contributed by atoms with E-state index in [1.54, 1.807) is 12.3 Å². The number of carbonyl (C=O) groups is 1. The number of hydrogen-bond donors (Lipinski definition) is 1. The topological polar surface area (TPSA) is 72.6 Å². The van der Waals surface area contributed by atoms with Crippen molar-refractivity contribution in [2.75, 3.05) is 0 Å². The first kappa shape index (κ1) is 12.2. The van der Waals surface area contributed by atoms with E-state index in [1.165, 1.54) is 6.26 Å². The lowest BCUT2D eigenvalue weighted by molar-refractivity contribution is 0.0658. The van der Waals surface area contributed by atoms with Crippen molar-refractivity contribution in [3.63, 3.8) is 0 Å². The molecule has 0 aliphatic rings. The Morgan fingerprint density at radius 2 is 2.20 bits per heavy atom. The van der Waals surface area contributed by atoms with Gasteiger partial charge in [0.15, 0.2) is 0 Å². The molecule has 3 rings (SSSR count). The number of aromatic carboxylic acids is 1. The summed E-state index contributed by atoms with van der Waals surface area (Å²) in [4.78, 5) is 15.1. The molecule has 0 saturated carbocycles. The van der Waals surface area contributed by atoms with E-state index >= 15 is 0 Å². The number of nitrogens with zero attached hydrogens (tertiary/aromatic N) is 1. The molecule has 2 aromatic heterocycles. The summed E-state index contributed by atoms with van der Waals surface area (Å²) in [5.74, 6) is -0.563. The summed E-state index contributed by atoms with van der Waals surface area (Å²) in [6.45, 7) is 0.135. The SMILES string of the molecule is O=C(O)c1occc1COc1ccc2cccnc2c1. The summed E-state index contributed by atoms with van der Waals surface area (Å²) < 4.78 is 10.5. The number of carboxylic acid groups (broad SMARTS) is 1. The highest BCUT2D eigenvalue weighted by molar-refractivity contribution is 5.86. The van der Waals surface area contributed by atoms with Gasteiger partial charge in [-0.2, -0.15) is 0 Å². The Bertz CT molecular complexity index is 763. The maximum atomic E-state index is 10.9. The second kappa shape index (κ2) is 5.05. The molecule has 5 heteroatoms. The van der Waals surface area contributed by atoms with Crippen LogP contribution in [-0.2, 0) is 6.61 Å². The van der Waals surface area contributed by atoms with Crippen molar-refractivity contribution >= 4 is 16.9 Å². The van der Waals surface area contributed by atoms with Crippen molar-refractivity contribution in [2.24, 2.45) is 0 Å². The van der Waals surface area contributed by atoms with Gasteiger partial charge in [-0.05, 0) is 24.3 Å². The monoisotopic (exact) mass is 269 g/mol. The van der Waals surface area contributed by atoms with Gasteiger partial charge in [0.2, 0.25) is 5.76 Å². The summed E-state index contributed by atoms with van der Waals surface area (Å²) in [7, 11) is 0. The highest BCUT2D eigenvalue weighted by Gasteiger charge is 2.14. The molecule has 3 aromatic rings. The summed E-state index contributed by atoms with van der Waals surface area (Å²) in [5, 5.41) is 9.96. The Morgan fingerprint density at radius 3 is 3.05 bits per heavy atom. The zero-order valence-corrected chi connectivity index (χ0v) is 10.4. The third-order valence-corrected chi connectivity index (χ3v) is 2.91. The van der Waals surface area contributed by atoms with Crippen molar-refractivity contribution in [2.45, 2.75) is 6.61 Å². The van der Waals surface area contributed by atoms with E-state index in [0.717, 1.165) is 10.9 Å². The molecule has 0 spiro atoms. The molecule has 0 radical (unpaired) electrons. The first-order valence-electron chi connectivity index (χ1n) is 6.01. The minimum atomic E-state index is -1.10. The van der Waals surface area contributed by atoms with Crippen LogP contribution in [0.2, 0.25) is 0 Å². The summed E-state index contributed by atoms with van der Waals surface area (Å²) >= 11 is 0. The third-order valence-electron chi connectivity index (χ3n) is 2.91. The van der Waals surface area contributed by atoms with Gasteiger partial charge < -0.3 is 14.3 Å². The van der Waals surface area contributed by atoms with Crippen molar-refractivity contribution in [1.82, 2.24) is 4.98 Å². The van der Waals surface area contributed by atoms with Crippen LogP contribution >= 0.6 is 0 Å². The van der Waals surface area contributed by atoms with E-state index in [-0.39, 0.29) is 12.4 Å². The van der Waals surface area contributed by atoms with Crippen LogP contribution in [0.3, 0.4) is 0 Å². The number of rotatable bonds is 4. The van der Waals surface area contributed by atoms with E-state index in [2.05, 4.69) is 4.98 Å². The first-order chi connectivity index (χ1) is 9.74. The quantitative estimate of drug-likeness (QED) is 0.787. The standard InChI is InChI=1S/C15H11NO4/c17-15(18)14-11(5-7-19-14)9-20-12-4-3-10-2-1-6-16-13(10)8-12/h1-8H,9H2,(H,17,18). The van der Waals surface area contributed by atoms with Crippen molar-refractivity contribution in [3.8, 4) is 5.75 Å². The first-order valence-corrected chi connectivity index (χ1v) is 6.01. The molecular formula is C15H11NO4. The van der Waals surface area contributed by atoms with Crippen LogP contribution in [0.5, 0.6) is 5.75 Å². The molecule has 2 heterocycles. The van der Waals surface area contributed by atoms with Crippen LogP contribution in [-0.4, -0.2) is 16.1 Å². The molecular weight excluding hydrogens is 258 g/mol. The highest BCUT2D eigenvalue weighted by atomic mass is 16.5. The lowest BCUT2D eigenvalue weighted by atomic mass is 10.2. The van der Waals surface area contributed by atoms with Gasteiger partial charge in [0.1, 0.15) is 12.4 Å². The van der Waals surface area contributed by atoms with E-state index < -0.39 is 5.97 Å². The largest absolute Gasteiger partial charge is 0.489 e. The Kier molecular flexibility index (Phi) is 3.09. The van der Waals surface area contributed by atoms with Gasteiger partial charge in [-0.25, -0.2) is 4.79 Å². The third kappa shape index (κ3) is 2.33. The van der Waals surface area contributed by atoms with Crippen LogP contribution in [0.25, 0.3) is 10.9 Å². The smallest absolute Gasteiger partial charge is 0.372 e. The number of benzene rings is 1. The van der Waals surface area contributed by atoms with Crippen LogP contribution in [0, 0.1) is 0 Å². The maximum absolute atomic E-state index is 10.9. The molecule has 0 amide bonds. The Balaban J connectivity index is 1.79. The van der Waals surface area contributed by atoms with Crippen LogP contribution < -0.4 is 4.74 Å². The van der Waals surface area contributed by atoms with Crippen molar-refractivity contribution in [3.05, 3.63) is 60.2 Å². The minimum Gasteiger partial charge on any atom is -0.489 e. The van der Waals surface area contributed by atoms with Gasteiger partial charge in [0.25, 0.3) is 0 Å². The van der Waals surface area contributed by atoms with Gasteiger partial charge in [-0.3, -0.25) is 4.98 Å². The van der Waals surface area contributed by atoms with Crippen molar-refractivity contribution < 1.29 is 19.1 Å². The fraction of sp³-hybridized carbons (Fsp3) is 0.0667. The fourth-order valence-corrected chi connectivity index (χ4v) is 1.93. The number of carboxylic acids is 1. The summed E-state index contributed by atoms with van der Waals surface area (Å²) in [6, 6.07) is 11.0. The number of aromatic nitrogens is 1. The van der Waals surface area contributed by atoms with Gasteiger partial charge in [0.05, 0.1) is 11.8 Å². The predicted octanol–water partition coefficient (Wildman–Crippen LogP) is 3.11. The van der Waals surface area contributed by atoms with Crippen LogP contribution in [0.4, 0.5) is 0 Å². The van der Waals surface area contributed by atoms with E-state index in [1.807, 2.05) is 30.3 Å². The molecule has 1 N–H and O–H groups in total. The summed E-state index contributed by atoms with van der Waals surface area (Å²) in [6.07, 6.45) is 3.05. The Labute approximate surface area is 114 Å². The molecule has 20 heavy (non-hydrogen) atoms. The zero-order chi connectivity index (χ0) is 13.9. The van der Waals surface area contributed by atoms with E-state index in [9.17, 15) is 4.79 Å². The minimum absolute atomic E-state index is 0.0936. The molecule has 0 atom stereocenters. The second-order valence-electron chi connectivity index (χ2n) is 4.23. The average Bonchev–Trinajstić information content (AvgIpc) is 2.93. The molecule has 5 nitrogen and oxygen atoms in total. The lowest BCUT2D eigenvalue weighted by Crippen LogP contribution is -2.02. The number of fused-ring (bicyclic) bond motifs is 1. The highest BCUT2D eigenvalue weighted by Crippen LogP contribution is 2.20. The van der Waals surface area contributed by atoms with E-state index in [0.29, 0.717) is 11.3 Å². The summed E-state index contributed by atoms with van der Waals surface area (Å²) in [5.41, 5.74) is 1.33. The fourth-order valence-electron chi connectivity index (χ4n) is 1.93. The Morgan fingerprint density at radius 1 is 1.30 bits per heavy atom. The zero-order valence-electron chi connectivity index (χ0n) is 10.4. The second-order valence-corrected chi connectivity index (χ2v) is 4.23. The molecule has 0 aliphatic heterocycles. The Hall–Kier alpha value is -2.82. The molecule has 0 unspecified atom stereocenters. The lowest BCUT2D eigenvalue weighted by Gasteiger charge is -2.06. The van der Waals surface area contributed by atoms with Crippen LogP contribution in [0.15, 0.2) is 53.3 Å². The van der Waals surface area contributed by atoms with Gasteiger partial charge >= 0.3 is 5.97 Å². The number of ether oxygens (including phenoxy) is 1. The van der Waals surface area contributed by atoms with Gasteiger partial charge in [-0.1, -0.05) is 6.07 Å². The molecule has 0 saturated heterocycles. The van der Waals surface area contributed by atoms with Crippen LogP contribution in [0.1, 0.15) is 16.1 Å². The predicted molar refractivity (Wildman–Crippen MR) is 71.7 cm³/mol. The molecule has 0 fully saturated rings. The van der Waals surface area contributed by atoms with E-state index in [4.69, 9.17) is 14.3 Å². The number of furan rings is 1. The van der Waals surface area contributed by atoms with Gasteiger partial charge in [0, 0.05) is 23.2 Å². The maximum Gasteiger partial charge on any atom is 0.372 e. The molecule has 0 aliphatic carbocycles. The molecule has 0 bridgehead atoms. The molecule has 1 aromatic carbocycles. The normalized spacial score (nSPS) is 10.6. The van der Waals surface area contributed by atoms with Gasteiger partial charge in [-0.15, -0.1) is 0 Å². The molecule has 100 valence electrons. The number of pyridine rings is 1. The average molecular weight is 269 g/mol. The number of hydrogen-bond acceptors (Lipinski definition) is 4.